The van der Waals surface area contributed by atoms with Crippen LogP contribution in [-0.4, -0.2) is 13.9 Å². The molecule has 0 fully saturated rings. The first kappa shape index (κ1) is 13.4. The molecule has 0 spiro atoms. The van der Waals surface area contributed by atoms with E-state index in [0.29, 0.717) is 11.7 Å². The minimum atomic E-state index is -1.11. The average Bonchev–Trinajstić information content (AvgIpc) is 2.14. The van der Waals surface area contributed by atoms with Crippen LogP contribution in [0.4, 0.5) is 0 Å². The molecule has 1 aliphatic carbocycles. The van der Waals surface area contributed by atoms with Gasteiger partial charge < -0.3 is 0 Å². The molecule has 0 bridgehead atoms. The highest BCUT2D eigenvalue weighted by Gasteiger charge is 2.19. The van der Waals surface area contributed by atoms with E-state index in [1.54, 1.807) is 5.20 Å². The quantitative estimate of drug-likeness (QED) is 0.674. The summed E-state index contributed by atoms with van der Waals surface area (Å²) in [6.45, 7) is 11.5. The number of hydrogen-bond donors (Lipinski definition) is 0. The molecule has 1 atom stereocenters. The molecule has 0 heterocycles. The van der Waals surface area contributed by atoms with Crippen LogP contribution in [0.2, 0.25) is 19.6 Å². The molecule has 1 unspecified atom stereocenters. The molecule has 0 aromatic carbocycles. The van der Waals surface area contributed by atoms with E-state index in [9.17, 15) is 4.79 Å². The summed E-state index contributed by atoms with van der Waals surface area (Å²) in [6, 6.07) is 0. The van der Waals surface area contributed by atoms with Crippen LogP contribution >= 0.6 is 0 Å². The summed E-state index contributed by atoms with van der Waals surface area (Å²) in [5.74, 6) is 0.906. The van der Waals surface area contributed by atoms with Gasteiger partial charge in [0.1, 0.15) is 0 Å². The van der Waals surface area contributed by atoms with Crippen LogP contribution in [0.1, 0.15) is 33.1 Å². The summed E-state index contributed by atoms with van der Waals surface area (Å²) < 4.78 is 0. The van der Waals surface area contributed by atoms with Crippen molar-refractivity contribution in [2.24, 2.45) is 5.92 Å². The Labute approximate surface area is 101 Å². The van der Waals surface area contributed by atoms with Crippen molar-refractivity contribution in [2.45, 2.75) is 52.8 Å². The first-order valence-electron chi connectivity index (χ1n) is 6.19. The third-order valence-electron chi connectivity index (χ3n) is 3.66. The molecule has 1 rings (SSSR count). The number of allylic oxidation sites excluding steroid dienone is 4. The number of rotatable bonds is 3. The average molecular weight is 236 g/mol. The molecule has 0 amide bonds. The second-order valence-corrected chi connectivity index (χ2v) is 11.3. The van der Waals surface area contributed by atoms with Gasteiger partial charge in [-0.25, -0.2) is 0 Å². The van der Waals surface area contributed by atoms with E-state index < -0.39 is 8.07 Å². The molecule has 90 valence electrons. The van der Waals surface area contributed by atoms with Gasteiger partial charge in [0.25, 0.3) is 0 Å². The molecule has 0 saturated carbocycles. The Morgan fingerprint density at radius 3 is 2.62 bits per heavy atom. The monoisotopic (exact) mass is 236 g/mol. The smallest absolute Gasteiger partial charge is 0.155 e. The van der Waals surface area contributed by atoms with Gasteiger partial charge in [0.05, 0.1) is 8.07 Å². The highest BCUT2D eigenvalue weighted by molar-refractivity contribution is 6.82. The van der Waals surface area contributed by atoms with Gasteiger partial charge in [-0.1, -0.05) is 36.5 Å². The predicted octanol–water partition coefficient (Wildman–Crippen LogP) is 4.13. The Morgan fingerprint density at radius 1 is 1.50 bits per heavy atom. The highest BCUT2D eigenvalue weighted by Crippen LogP contribution is 2.27. The topological polar surface area (TPSA) is 17.1 Å². The predicted molar refractivity (Wildman–Crippen MR) is 73.2 cm³/mol. The van der Waals surface area contributed by atoms with E-state index in [2.05, 4.69) is 39.6 Å². The molecule has 0 aliphatic heterocycles. The fraction of sp³-hybridized carbons (Fsp3) is 0.643. The fourth-order valence-corrected chi connectivity index (χ4v) is 2.65. The molecule has 0 N–H and O–H groups in total. The van der Waals surface area contributed by atoms with Gasteiger partial charge in [-0.15, -0.1) is 0 Å². The molecule has 1 nitrogen and oxygen atoms in total. The van der Waals surface area contributed by atoms with E-state index in [0.717, 1.165) is 19.3 Å². The zero-order chi connectivity index (χ0) is 12.3. The molecule has 16 heavy (non-hydrogen) atoms. The Hall–Kier alpha value is -0.633. The van der Waals surface area contributed by atoms with E-state index in [1.165, 1.54) is 5.57 Å². The van der Waals surface area contributed by atoms with Crippen LogP contribution < -0.4 is 0 Å². The summed E-state index contributed by atoms with van der Waals surface area (Å²) in [7, 11) is -1.11. The van der Waals surface area contributed by atoms with Gasteiger partial charge >= 0.3 is 0 Å². The van der Waals surface area contributed by atoms with Crippen molar-refractivity contribution in [3.63, 3.8) is 0 Å². The van der Waals surface area contributed by atoms with Crippen molar-refractivity contribution in [3.8, 4) is 0 Å². The fourth-order valence-electron chi connectivity index (χ4n) is 1.92. The lowest BCUT2D eigenvalue weighted by Crippen LogP contribution is -2.22. The second kappa shape index (κ2) is 5.13. The standard InChI is InChI=1S/C14H24OSi/c1-11-10-14(15)9-8-13(11)7-6-12(2)16(3,4)5/h6,10,13H,7-9H2,1-5H3/b12-6-. The van der Waals surface area contributed by atoms with E-state index in [-0.39, 0.29) is 0 Å². The van der Waals surface area contributed by atoms with Crippen molar-refractivity contribution < 1.29 is 4.79 Å². The minimum Gasteiger partial charge on any atom is -0.295 e. The van der Waals surface area contributed by atoms with Crippen LogP contribution in [-0.2, 0) is 4.79 Å². The molecular formula is C14H24OSi. The molecule has 0 aromatic heterocycles. The summed E-state index contributed by atoms with van der Waals surface area (Å²) in [4.78, 5) is 11.2. The Kier molecular flexibility index (Phi) is 4.31. The van der Waals surface area contributed by atoms with Crippen molar-refractivity contribution in [2.75, 3.05) is 0 Å². The highest BCUT2D eigenvalue weighted by atomic mass is 28.3. The zero-order valence-electron chi connectivity index (χ0n) is 11.3. The van der Waals surface area contributed by atoms with Gasteiger partial charge in [0.15, 0.2) is 5.78 Å². The normalized spacial score (nSPS) is 23.3. The Balaban J connectivity index is 2.63. The zero-order valence-corrected chi connectivity index (χ0v) is 12.3. The number of hydrogen-bond acceptors (Lipinski definition) is 1. The lowest BCUT2D eigenvalue weighted by atomic mass is 9.86. The third kappa shape index (κ3) is 3.74. The maximum atomic E-state index is 11.2. The molecule has 0 aromatic rings. The maximum Gasteiger partial charge on any atom is 0.155 e. The first-order chi connectivity index (χ1) is 7.30. The van der Waals surface area contributed by atoms with E-state index in [4.69, 9.17) is 0 Å². The molecule has 0 saturated heterocycles. The SMILES string of the molecule is CC1=CC(=O)CCC1C/C=C(/C)[Si](C)(C)C. The van der Waals surface area contributed by atoms with Crippen LogP contribution in [0.5, 0.6) is 0 Å². The largest absolute Gasteiger partial charge is 0.295 e. The second-order valence-electron chi connectivity index (χ2n) is 5.96. The summed E-state index contributed by atoms with van der Waals surface area (Å²) in [5.41, 5.74) is 1.27. The number of carbonyl (C=O) groups is 1. The van der Waals surface area contributed by atoms with Gasteiger partial charge in [0, 0.05) is 6.42 Å². The van der Waals surface area contributed by atoms with Crippen LogP contribution in [0.3, 0.4) is 0 Å². The molecular weight excluding hydrogens is 212 g/mol. The molecule has 0 radical (unpaired) electrons. The van der Waals surface area contributed by atoms with Crippen LogP contribution in [0.25, 0.3) is 0 Å². The van der Waals surface area contributed by atoms with E-state index >= 15 is 0 Å². The van der Waals surface area contributed by atoms with Crippen LogP contribution in [0.15, 0.2) is 22.9 Å². The van der Waals surface area contributed by atoms with Gasteiger partial charge in [-0.3, -0.25) is 4.79 Å². The van der Waals surface area contributed by atoms with Crippen LogP contribution in [0, 0.1) is 5.92 Å². The van der Waals surface area contributed by atoms with Gasteiger partial charge in [0.2, 0.25) is 0 Å². The van der Waals surface area contributed by atoms with Crippen molar-refractivity contribution >= 4 is 13.9 Å². The Bertz CT molecular complexity index is 331. The minimum absolute atomic E-state index is 0.305. The summed E-state index contributed by atoms with van der Waals surface area (Å²) in [5, 5.41) is 1.58. The summed E-state index contributed by atoms with van der Waals surface area (Å²) >= 11 is 0. The Morgan fingerprint density at radius 2 is 2.12 bits per heavy atom. The third-order valence-corrected chi connectivity index (χ3v) is 6.23. The molecule has 1 aliphatic rings. The van der Waals surface area contributed by atoms with Crippen molar-refractivity contribution in [3.05, 3.63) is 22.9 Å². The van der Waals surface area contributed by atoms with E-state index in [1.807, 2.05) is 6.08 Å². The number of carbonyl (C=O) groups excluding carboxylic acids is 1. The maximum absolute atomic E-state index is 11.2. The first-order valence-corrected chi connectivity index (χ1v) is 9.69. The van der Waals surface area contributed by atoms with Crippen molar-refractivity contribution in [1.82, 2.24) is 0 Å². The molecule has 2 heteroatoms. The lowest BCUT2D eigenvalue weighted by molar-refractivity contribution is -0.115. The lowest BCUT2D eigenvalue weighted by Gasteiger charge is -2.22. The van der Waals surface area contributed by atoms with Gasteiger partial charge in [-0.2, -0.15) is 0 Å². The summed E-state index contributed by atoms with van der Waals surface area (Å²) in [6.07, 6.45) is 7.14. The van der Waals surface area contributed by atoms with Crippen molar-refractivity contribution in [1.29, 1.82) is 0 Å². The van der Waals surface area contributed by atoms with Gasteiger partial charge in [-0.05, 0) is 38.7 Å². The number of ketones is 1.